The van der Waals surface area contributed by atoms with Gasteiger partial charge in [0.15, 0.2) is 0 Å². The number of rotatable bonds is 4. The first kappa shape index (κ1) is 18.1. The third-order valence-corrected chi connectivity index (χ3v) is 4.79. The topological polar surface area (TPSA) is 79.3 Å². The minimum atomic E-state index is -0.257. The molecule has 3 aromatic rings. The number of hydrogen-bond acceptors (Lipinski definition) is 4. The summed E-state index contributed by atoms with van der Waals surface area (Å²) in [5.74, 6) is -0.290. The number of halogens is 1. The van der Waals surface area contributed by atoms with Gasteiger partial charge in [0.05, 0.1) is 28.5 Å². The van der Waals surface area contributed by atoms with Gasteiger partial charge in [-0.25, -0.2) is 4.68 Å². The van der Waals surface area contributed by atoms with Gasteiger partial charge in [0.1, 0.15) is 0 Å². The van der Waals surface area contributed by atoms with E-state index in [4.69, 9.17) is 11.6 Å². The molecule has 1 aromatic heterocycles. The molecule has 2 N–H and O–H groups in total. The van der Waals surface area contributed by atoms with Gasteiger partial charge in [0, 0.05) is 31.2 Å². The fourth-order valence-corrected chi connectivity index (χ4v) is 3.46. The molecule has 28 heavy (non-hydrogen) atoms. The normalized spacial score (nSPS) is 13.9. The van der Waals surface area contributed by atoms with E-state index in [0.29, 0.717) is 35.1 Å². The lowest BCUT2D eigenvalue weighted by Crippen LogP contribution is -2.47. The van der Waals surface area contributed by atoms with Crippen LogP contribution in [0.5, 0.6) is 0 Å². The molecule has 142 valence electrons. The Bertz CT molecular complexity index is 1020. The largest absolute Gasteiger partial charge is 0.359 e. The van der Waals surface area contributed by atoms with Gasteiger partial charge in [-0.05, 0) is 36.4 Å². The number of hydrogen-bond donors (Lipinski definition) is 2. The number of carbonyl (C=O) groups excluding carboxylic acids is 2. The third-order valence-electron chi connectivity index (χ3n) is 4.48. The highest BCUT2D eigenvalue weighted by Gasteiger charge is 2.19. The second-order valence-electron chi connectivity index (χ2n) is 6.36. The van der Waals surface area contributed by atoms with Crippen LogP contribution in [0.4, 0.5) is 11.4 Å². The summed E-state index contributed by atoms with van der Waals surface area (Å²) in [4.78, 5) is 26.3. The Morgan fingerprint density at radius 1 is 1.14 bits per heavy atom. The van der Waals surface area contributed by atoms with Gasteiger partial charge in [0.2, 0.25) is 5.91 Å². The summed E-state index contributed by atoms with van der Waals surface area (Å²) in [6, 6.07) is 14.3. The lowest BCUT2D eigenvalue weighted by molar-refractivity contribution is -0.120. The molecular formula is C20H18ClN5O2. The molecule has 1 aliphatic rings. The van der Waals surface area contributed by atoms with E-state index in [9.17, 15) is 9.59 Å². The number of benzene rings is 2. The molecular weight excluding hydrogens is 378 g/mol. The van der Waals surface area contributed by atoms with Crippen LogP contribution in [0.25, 0.3) is 5.69 Å². The molecule has 1 aliphatic heterocycles. The standard InChI is InChI=1S/C20H18ClN5O2/c21-16-12-14(6-7-18(16)25-11-9-22-19(27)13-25)24-20(28)15-4-1-2-5-17(15)26-10-3-8-23-26/h1-8,10,12H,9,11,13H2,(H,22,27)(H,24,28). The van der Waals surface area contributed by atoms with Gasteiger partial charge in [-0.2, -0.15) is 5.10 Å². The van der Waals surface area contributed by atoms with Crippen molar-refractivity contribution in [3.8, 4) is 5.69 Å². The van der Waals surface area contributed by atoms with Crippen LogP contribution in [0.15, 0.2) is 60.9 Å². The highest BCUT2D eigenvalue weighted by molar-refractivity contribution is 6.33. The van der Waals surface area contributed by atoms with Crippen molar-refractivity contribution in [3.05, 3.63) is 71.5 Å². The van der Waals surface area contributed by atoms with Gasteiger partial charge in [0.25, 0.3) is 5.91 Å². The van der Waals surface area contributed by atoms with Crippen molar-refractivity contribution in [2.45, 2.75) is 0 Å². The van der Waals surface area contributed by atoms with E-state index in [1.54, 1.807) is 47.4 Å². The number of nitrogens with zero attached hydrogens (tertiary/aromatic N) is 3. The Morgan fingerprint density at radius 3 is 2.75 bits per heavy atom. The van der Waals surface area contributed by atoms with Gasteiger partial charge < -0.3 is 15.5 Å². The Balaban J connectivity index is 1.55. The summed E-state index contributed by atoms with van der Waals surface area (Å²) in [6.07, 6.45) is 3.45. The van der Waals surface area contributed by atoms with Gasteiger partial charge in [-0.15, -0.1) is 0 Å². The zero-order chi connectivity index (χ0) is 19.5. The van der Waals surface area contributed by atoms with Crippen LogP contribution >= 0.6 is 11.6 Å². The number of aromatic nitrogens is 2. The second-order valence-corrected chi connectivity index (χ2v) is 6.77. The Kier molecular flexibility index (Phi) is 4.99. The number of carbonyl (C=O) groups is 2. The maximum atomic E-state index is 12.8. The fraction of sp³-hybridized carbons (Fsp3) is 0.150. The van der Waals surface area contributed by atoms with Crippen molar-refractivity contribution in [1.82, 2.24) is 15.1 Å². The summed E-state index contributed by atoms with van der Waals surface area (Å²) in [5.41, 5.74) is 2.54. The number of piperazine rings is 1. The van der Waals surface area contributed by atoms with E-state index in [-0.39, 0.29) is 18.4 Å². The van der Waals surface area contributed by atoms with Crippen molar-refractivity contribution in [2.75, 3.05) is 29.9 Å². The SMILES string of the molecule is O=C1CN(c2ccc(NC(=O)c3ccccc3-n3cccn3)cc2Cl)CCN1. The minimum absolute atomic E-state index is 0.0325. The van der Waals surface area contributed by atoms with E-state index < -0.39 is 0 Å². The maximum absolute atomic E-state index is 12.8. The summed E-state index contributed by atoms with van der Waals surface area (Å²) in [7, 11) is 0. The summed E-state index contributed by atoms with van der Waals surface area (Å²) >= 11 is 6.41. The number of amides is 2. The molecule has 0 aliphatic carbocycles. The Morgan fingerprint density at radius 2 is 2.00 bits per heavy atom. The van der Waals surface area contributed by atoms with Crippen LogP contribution in [0.2, 0.25) is 5.02 Å². The number of anilines is 2. The van der Waals surface area contributed by atoms with Crippen LogP contribution in [0.1, 0.15) is 10.4 Å². The van der Waals surface area contributed by atoms with E-state index in [1.807, 2.05) is 23.1 Å². The maximum Gasteiger partial charge on any atom is 0.257 e. The number of para-hydroxylation sites is 1. The Hall–Kier alpha value is -3.32. The van der Waals surface area contributed by atoms with Gasteiger partial charge >= 0.3 is 0 Å². The molecule has 2 aromatic carbocycles. The lowest BCUT2D eigenvalue weighted by atomic mass is 10.1. The van der Waals surface area contributed by atoms with E-state index in [0.717, 1.165) is 5.69 Å². The molecule has 0 bridgehead atoms. The van der Waals surface area contributed by atoms with Crippen molar-refractivity contribution in [3.63, 3.8) is 0 Å². The van der Waals surface area contributed by atoms with Crippen molar-refractivity contribution >= 4 is 34.8 Å². The van der Waals surface area contributed by atoms with Crippen LogP contribution in [-0.4, -0.2) is 41.2 Å². The Labute approximate surface area is 166 Å². The molecule has 7 nitrogen and oxygen atoms in total. The molecule has 0 radical (unpaired) electrons. The second kappa shape index (κ2) is 7.74. The highest BCUT2D eigenvalue weighted by Crippen LogP contribution is 2.29. The van der Waals surface area contributed by atoms with E-state index >= 15 is 0 Å². The monoisotopic (exact) mass is 395 g/mol. The predicted octanol–water partition coefficient (Wildman–Crippen LogP) is 2.71. The molecule has 0 unspecified atom stereocenters. The first-order valence-electron chi connectivity index (χ1n) is 8.83. The first-order valence-corrected chi connectivity index (χ1v) is 9.21. The summed E-state index contributed by atoms with van der Waals surface area (Å²) < 4.78 is 1.65. The van der Waals surface area contributed by atoms with Crippen LogP contribution < -0.4 is 15.5 Å². The third kappa shape index (κ3) is 3.70. The van der Waals surface area contributed by atoms with Crippen molar-refractivity contribution in [2.24, 2.45) is 0 Å². The average molecular weight is 396 g/mol. The van der Waals surface area contributed by atoms with Crippen molar-refractivity contribution < 1.29 is 9.59 Å². The van der Waals surface area contributed by atoms with Crippen molar-refractivity contribution in [1.29, 1.82) is 0 Å². The molecule has 4 rings (SSSR count). The van der Waals surface area contributed by atoms with E-state index in [2.05, 4.69) is 15.7 Å². The first-order chi connectivity index (χ1) is 13.6. The molecule has 0 atom stereocenters. The molecule has 0 spiro atoms. The molecule has 2 heterocycles. The van der Waals surface area contributed by atoms with Gasteiger partial charge in [-0.1, -0.05) is 23.7 Å². The quantitative estimate of drug-likeness (QED) is 0.712. The molecule has 1 fully saturated rings. The molecule has 8 heteroatoms. The fourth-order valence-electron chi connectivity index (χ4n) is 3.16. The van der Waals surface area contributed by atoms with E-state index in [1.165, 1.54) is 0 Å². The van der Waals surface area contributed by atoms with Crippen LogP contribution in [0.3, 0.4) is 0 Å². The zero-order valence-corrected chi connectivity index (χ0v) is 15.7. The predicted molar refractivity (Wildman–Crippen MR) is 108 cm³/mol. The van der Waals surface area contributed by atoms with Crippen LogP contribution in [0, 0.1) is 0 Å². The molecule has 0 saturated carbocycles. The number of nitrogens with one attached hydrogen (secondary N) is 2. The summed E-state index contributed by atoms with van der Waals surface area (Å²) in [5, 5.41) is 10.3. The molecule has 1 saturated heterocycles. The summed E-state index contributed by atoms with van der Waals surface area (Å²) in [6.45, 7) is 1.54. The minimum Gasteiger partial charge on any atom is -0.359 e. The molecule has 2 amide bonds. The lowest BCUT2D eigenvalue weighted by Gasteiger charge is -2.29. The average Bonchev–Trinajstić information content (AvgIpc) is 3.23. The highest BCUT2D eigenvalue weighted by atomic mass is 35.5. The van der Waals surface area contributed by atoms with Crippen LogP contribution in [-0.2, 0) is 4.79 Å². The zero-order valence-electron chi connectivity index (χ0n) is 14.9. The van der Waals surface area contributed by atoms with Gasteiger partial charge in [-0.3, -0.25) is 9.59 Å². The smallest absolute Gasteiger partial charge is 0.257 e.